The maximum atomic E-state index is 4.53. The van der Waals surface area contributed by atoms with Gasteiger partial charge >= 0.3 is 0 Å². The topological polar surface area (TPSA) is 46.3 Å². The van der Waals surface area contributed by atoms with E-state index in [1.807, 2.05) is 23.7 Å². The van der Waals surface area contributed by atoms with Gasteiger partial charge in [0.2, 0.25) is 5.65 Å². The van der Waals surface area contributed by atoms with Crippen LogP contribution in [-0.2, 0) is 0 Å². The van der Waals surface area contributed by atoms with Crippen LogP contribution in [0.15, 0.2) is 12.4 Å². The fourth-order valence-corrected chi connectivity index (χ4v) is 3.45. The number of alkyl halides is 1. The summed E-state index contributed by atoms with van der Waals surface area (Å²) in [5.74, 6) is 2.63. The van der Waals surface area contributed by atoms with Crippen molar-refractivity contribution in [1.29, 1.82) is 0 Å². The van der Waals surface area contributed by atoms with E-state index in [-0.39, 0.29) is 0 Å². The van der Waals surface area contributed by atoms with Crippen LogP contribution >= 0.6 is 15.9 Å². The summed E-state index contributed by atoms with van der Waals surface area (Å²) in [6.07, 6.45) is 7.54. The molecule has 1 atom stereocenters. The van der Waals surface area contributed by atoms with Crippen LogP contribution in [0.2, 0.25) is 0 Å². The molecule has 1 aliphatic heterocycles. The van der Waals surface area contributed by atoms with E-state index >= 15 is 0 Å². The van der Waals surface area contributed by atoms with Gasteiger partial charge in [-0.1, -0.05) is 15.9 Å². The number of hydrogen-bond acceptors (Lipinski definition) is 4. The van der Waals surface area contributed by atoms with Gasteiger partial charge in [0.25, 0.3) is 0 Å². The summed E-state index contributed by atoms with van der Waals surface area (Å²) in [5, 5.41) is 9.49. The van der Waals surface area contributed by atoms with E-state index < -0.39 is 0 Å². The molecule has 1 unspecified atom stereocenters. The maximum absolute atomic E-state index is 4.53. The van der Waals surface area contributed by atoms with Gasteiger partial charge in [-0.3, -0.25) is 4.40 Å². The minimum atomic E-state index is 0.749. The quantitative estimate of drug-likeness (QED) is 0.814. The van der Waals surface area contributed by atoms with Crippen LogP contribution in [-0.4, -0.2) is 38.0 Å². The molecule has 1 saturated heterocycles. The van der Waals surface area contributed by atoms with Gasteiger partial charge in [-0.25, -0.2) is 4.98 Å². The second-order valence-corrected chi connectivity index (χ2v) is 5.92. The second-order valence-electron chi connectivity index (χ2n) is 5.12. The molecule has 1 fully saturated rings. The Hall–Kier alpha value is -1.17. The SMILES string of the molecule is Cc1nnc2c(N3CCCC(CCBr)C3)nccn12. The lowest BCUT2D eigenvalue weighted by Gasteiger charge is -2.33. The first-order valence-electron chi connectivity index (χ1n) is 6.77. The standard InChI is InChI=1S/C13H18BrN5/c1-10-16-17-13-12(15-6-8-19(10)13)18-7-2-3-11(9-18)4-5-14/h6,8,11H,2-5,7,9H2,1H3. The number of aryl methyl sites for hydroxylation is 1. The Kier molecular flexibility index (Phi) is 3.68. The summed E-state index contributed by atoms with van der Waals surface area (Å²) in [6, 6.07) is 0. The zero-order valence-corrected chi connectivity index (χ0v) is 12.7. The van der Waals surface area contributed by atoms with E-state index in [2.05, 4.69) is 36.0 Å². The van der Waals surface area contributed by atoms with Gasteiger partial charge < -0.3 is 4.90 Å². The van der Waals surface area contributed by atoms with Crippen molar-refractivity contribution in [2.24, 2.45) is 5.92 Å². The summed E-state index contributed by atoms with van der Waals surface area (Å²) in [4.78, 5) is 6.89. The molecule has 0 amide bonds. The predicted octanol–water partition coefficient (Wildman–Crippen LogP) is 2.43. The van der Waals surface area contributed by atoms with Crippen LogP contribution in [0.4, 0.5) is 5.82 Å². The largest absolute Gasteiger partial charge is 0.353 e. The smallest absolute Gasteiger partial charge is 0.203 e. The molecule has 0 N–H and O–H groups in total. The van der Waals surface area contributed by atoms with E-state index in [4.69, 9.17) is 0 Å². The third-order valence-corrected chi connectivity index (χ3v) is 4.27. The lowest BCUT2D eigenvalue weighted by molar-refractivity contribution is 0.406. The summed E-state index contributed by atoms with van der Waals surface area (Å²) in [6.45, 7) is 4.11. The second kappa shape index (κ2) is 5.45. The third-order valence-electron chi connectivity index (χ3n) is 3.81. The molecular formula is C13H18BrN5. The van der Waals surface area contributed by atoms with Gasteiger partial charge in [0.15, 0.2) is 5.82 Å². The number of nitrogens with zero attached hydrogens (tertiary/aromatic N) is 5. The highest BCUT2D eigenvalue weighted by Crippen LogP contribution is 2.26. The van der Waals surface area contributed by atoms with Crippen LogP contribution in [0.1, 0.15) is 25.1 Å². The van der Waals surface area contributed by atoms with Gasteiger partial charge in [0.05, 0.1) is 0 Å². The Morgan fingerprint density at radius 3 is 3.16 bits per heavy atom. The number of anilines is 1. The lowest BCUT2D eigenvalue weighted by Crippen LogP contribution is -2.36. The molecule has 0 spiro atoms. The van der Waals surface area contributed by atoms with Crippen molar-refractivity contribution >= 4 is 27.4 Å². The minimum absolute atomic E-state index is 0.749. The summed E-state index contributed by atoms with van der Waals surface area (Å²) in [5.41, 5.74) is 0.875. The maximum Gasteiger partial charge on any atom is 0.203 e. The van der Waals surface area contributed by atoms with Crippen molar-refractivity contribution in [1.82, 2.24) is 19.6 Å². The molecule has 3 rings (SSSR count). The van der Waals surface area contributed by atoms with Crippen LogP contribution in [0, 0.1) is 12.8 Å². The molecule has 2 aromatic heterocycles. The Balaban J connectivity index is 1.91. The van der Waals surface area contributed by atoms with E-state index in [0.717, 1.165) is 41.6 Å². The average Bonchev–Trinajstić information content (AvgIpc) is 2.81. The van der Waals surface area contributed by atoms with Crippen LogP contribution < -0.4 is 4.90 Å². The molecule has 0 aliphatic carbocycles. The van der Waals surface area contributed by atoms with E-state index in [0.29, 0.717) is 0 Å². The molecule has 0 aromatic carbocycles. The molecule has 0 saturated carbocycles. The van der Waals surface area contributed by atoms with Crippen LogP contribution in [0.25, 0.3) is 5.65 Å². The summed E-state index contributed by atoms with van der Waals surface area (Å²) < 4.78 is 2.01. The molecule has 2 aromatic rings. The van der Waals surface area contributed by atoms with Crippen molar-refractivity contribution in [2.75, 3.05) is 23.3 Å². The van der Waals surface area contributed by atoms with E-state index in [9.17, 15) is 0 Å². The van der Waals surface area contributed by atoms with E-state index in [1.165, 1.54) is 19.3 Å². The Morgan fingerprint density at radius 2 is 2.32 bits per heavy atom. The molecule has 3 heterocycles. The Bertz CT molecular complexity index is 565. The van der Waals surface area contributed by atoms with Crippen molar-refractivity contribution in [3.8, 4) is 0 Å². The minimum Gasteiger partial charge on any atom is -0.353 e. The molecule has 102 valence electrons. The summed E-state index contributed by atoms with van der Waals surface area (Å²) in [7, 11) is 0. The number of halogens is 1. The average molecular weight is 324 g/mol. The van der Waals surface area contributed by atoms with Gasteiger partial charge in [-0.2, -0.15) is 0 Å². The van der Waals surface area contributed by atoms with Crippen molar-refractivity contribution in [2.45, 2.75) is 26.2 Å². The molecule has 0 radical (unpaired) electrons. The first-order chi connectivity index (χ1) is 9.29. The van der Waals surface area contributed by atoms with Crippen molar-refractivity contribution < 1.29 is 0 Å². The van der Waals surface area contributed by atoms with Gasteiger partial charge in [-0.15, -0.1) is 10.2 Å². The van der Waals surface area contributed by atoms with E-state index in [1.54, 1.807) is 0 Å². The fourth-order valence-electron chi connectivity index (χ4n) is 2.80. The Labute approximate surface area is 121 Å². The molecule has 6 heteroatoms. The monoisotopic (exact) mass is 323 g/mol. The number of aromatic nitrogens is 4. The molecular weight excluding hydrogens is 306 g/mol. The molecule has 1 aliphatic rings. The zero-order chi connectivity index (χ0) is 13.2. The van der Waals surface area contributed by atoms with Crippen LogP contribution in [0.3, 0.4) is 0 Å². The number of fused-ring (bicyclic) bond motifs is 1. The highest BCUT2D eigenvalue weighted by Gasteiger charge is 2.23. The number of hydrogen-bond donors (Lipinski definition) is 0. The molecule has 19 heavy (non-hydrogen) atoms. The molecule has 5 nitrogen and oxygen atoms in total. The number of rotatable bonds is 3. The fraction of sp³-hybridized carbons (Fsp3) is 0.615. The lowest BCUT2D eigenvalue weighted by atomic mass is 9.96. The zero-order valence-electron chi connectivity index (χ0n) is 11.1. The Morgan fingerprint density at radius 1 is 1.42 bits per heavy atom. The first-order valence-corrected chi connectivity index (χ1v) is 7.89. The van der Waals surface area contributed by atoms with Gasteiger partial charge in [-0.05, 0) is 32.1 Å². The summed E-state index contributed by atoms with van der Waals surface area (Å²) >= 11 is 3.54. The first kappa shape index (κ1) is 12.8. The van der Waals surface area contributed by atoms with Crippen molar-refractivity contribution in [3.63, 3.8) is 0 Å². The van der Waals surface area contributed by atoms with Gasteiger partial charge in [0.1, 0.15) is 5.82 Å². The number of piperidine rings is 1. The van der Waals surface area contributed by atoms with Gasteiger partial charge in [0, 0.05) is 30.8 Å². The predicted molar refractivity (Wildman–Crippen MR) is 78.9 cm³/mol. The highest BCUT2D eigenvalue weighted by molar-refractivity contribution is 9.09. The highest BCUT2D eigenvalue weighted by atomic mass is 79.9. The molecule has 0 bridgehead atoms. The third kappa shape index (κ3) is 2.45. The normalized spacial score (nSPS) is 20.1. The van der Waals surface area contributed by atoms with Crippen molar-refractivity contribution in [3.05, 3.63) is 18.2 Å². The van der Waals surface area contributed by atoms with Crippen LogP contribution in [0.5, 0.6) is 0 Å².